The number of carbonyl (C=O) groups is 1. The first-order valence-electron chi connectivity index (χ1n) is 8.67. The summed E-state index contributed by atoms with van der Waals surface area (Å²) < 4.78 is 1.79. The Labute approximate surface area is 143 Å². The zero-order valence-corrected chi connectivity index (χ0v) is 14.7. The van der Waals surface area contributed by atoms with Crippen molar-refractivity contribution in [1.82, 2.24) is 19.6 Å². The molecule has 0 N–H and O–H groups in total. The maximum absolute atomic E-state index is 12.7. The van der Waals surface area contributed by atoms with Gasteiger partial charge < -0.3 is 9.80 Å². The molecule has 1 aliphatic rings. The third kappa shape index (κ3) is 3.51. The largest absolute Gasteiger partial charge is 0.339 e. The van der Waals surface area contributed by atoms with Crippen molar-refractivity contribution in [2.24, 2.45) is 0 Å². The lowest BCUT2D eigenvalue weighted by Crippen LogP contribution is -2.47. The lowest BCUT2D eigenvalue weighted by atomic mass is 10.0. The van der Waals surface area contributed by atoms with Gasteiger partial charge in [-0.05, 0) is 57.0 Å². The molecule has 0 bridgehead atoms. The number of carbonyl (C=O) groups excluding carboxylic acids is 1. The van der Waals surface area contributed by atoms with Crippen molar-refractivity contribution < 1.29 is 4.79 Å². The van der Waals surface area contributed by atoms with Crippen LogP contribution < -0.4 is 0 Å². The molecule has 0 unspecified atom stereocenters. The molecule has 2 aromatic rings. The zero-order valence-electron chi connectivity index (χ0n) is 14.7. The van der Waals surface area contributed by atoms with Crippen molar-refractivity contribution in [2.45, 2.75) is 38.8 Å². The molecule has 0 spiro atoms. The minimum Gasteiger partial charge on any atom is -0.339 e. The third-order valence-corrected chi connectivity index (χ3v) is 4.98. The summed E-state index contributed by atoms with van der Waals surface area (Å²) in [5.74, 6) is 0.102. The van der Waals surface area contributed by atoms with Crippen molar-refractivity contribution in [3.8, 4) is 5.69 Å². The van der Waals surface area contributed by atoms with Gasteiger partial charge in [0.1, 0.15) is 0 Å². The van der Waals surface area contributed by atoms with Gasteiger partial charge in [0.15, 0.2) is 0 Å². The molecule has 0 atom stereocenters. The number of aromatic nitrogens is 2. The van der Waals surface area contributed by atoms with Gasteiger partial charge >= 0.3 is 0 Å². The van der Waals surface area contributed by atoms with Crippen LogP contribution in [0.1, 0.15) is 37.0 Å². The Balaban J connectivity index is 1.63. The quantitative estimate of drug-likeness (QED) is 0.867. The molecule has 0 saturated carbocycles. The number of benzene rings is 1. The highest BCUT2D eigenvalue weighted by atomic mass is 16.2. The fourth-order valence-corrected chi connectivity index (χ4v) is 3.34. The van der Waals surface area contributed by atoms with E-state index < -0.39 is 0 Å². The summed E-state index contributed by atoms with van der Waals surface area (Å²) >= 11 is 0. The van der Waals surface area contributed by atoms with Crippen molar-refractivity contribution in [3.63, 3.8) is 0 Å². The Bertz CT molecular complexity index is 655. The van der Waals surface area contributed by atoms with Crippen molar-refractivity contribution in [2.75, 3.05) is 20.1 Å². The number of nitrogens with zero attached hydrogens (tertiary/aromatic N) is 4. The smallest absolute Gasteiger partial charge is 0.253 e. The molecule has 5 nitrogen and oxygen atoms in total. The number of piperidine rings is 1. The topological polar surface area (TPSA) is 41.4 Å². The van der Waals surface area contributed by atoms with E-state index in [0.29, 0.717) is 12.1 Å². The van der Waals surface area contributed by atoms with Gasteiger partial charge in [-0.2, -0.15) is 5.10 Å². The van der Waals surface area contributed by atoms with E-state index >= 15 is 0 Å². The zero-order chi connectivity index (χ0) is 17.1. The molecule has 1 amide bonds. The van der Waals surface area contributed by atoms with E-state index in [9.17, 15) is 4.79 Å². The van der Waals surface area contributed by atoms with Gasteiger partial charge in [-0.25, -0.2) is 4.68 Å². The third-order valence-electron chi connectivity index (χ3n) is 4.98. The van der Waals surface area contributed by atoms with Gasteiger partial charge in [-0.1, -0.05) is 0 Å². The SMILES string of the molecule is CC(C)N1CCC(N(C)C(=O)c2ccc(-n3cccn3)cc2)CC1. The monoisotopic (exact) mass is 326 g/mol. The van der Waals surface area contributed by atoms with Gasteiger partial charge in [0.25, 0.3) is 5.91 Å². The molecule has 1 fully saturated rings. The molecule has 1 aromatic heterocycles. The molecule has 1 aliphatic heterocycles. The van der Waals surface area contributed by atoms with Crippen LogP contribution in [0.25, 0.3) is 5.69 Å². The summed E-state index contributed by atoms with van der Waals surface area (Å²) in [4.78, 5) is 17.1. The van der Waals surface area contributed by atoms with Crippen LogP contribution in [0.15, 0.2) is 42.7 Å². The second-order valence-electron chi connectivity index (χ2n) is 6.77. The van der Waals surface area contributed by atoms with E-state index in [1.54, 1.807) is 10.9 Å². The molecule has 5 heteroatoms. The molecule has 1 aromatic carbocycles. The summed E-state index contributed by atoms with van der Waals surface area (Å²) in [5, 5.41) is 4.21. The Morgan fingerprint density at radius 2 is 1.88 bits per heavy atom. The van der Waals surface area contributed by atoms with Crippen LogP contribution in [-0.4, -0.2) is 57.7 Å². The van der Waals surface area contributed by atoms with E-state index in [2.05, 4.69) is 23.8 Å². The molecule has 24 heavy (non-hydrogen) atoms. The van der Waals surface area contributed by atoms with Crippen LogP contribution >= 0.6 is 0 Å². The molecule has 0 radical (unpaired) electrons. The van der Waals surface area contributed by atoms with Gasteiger partial charge in [-0.15, -0.1) is 0 Å². The lowest BCUT2D eigenvalue weighted by Gasteiger charge is -2.38. The predicted molar refractivity (Wildman–Crippen MR) is 95.4 cm³/mol. The van der Waals surface area contributed by atoms with Crippen LogP contribution in [0.2, 0.25) is 0 Å². The van der Waals surface area contributed by atoms with Crippen LogP contribution in [0, 0.1) is 0 Å². The summed E-state index contributed by atoms with van der Waals surface area (Å²) in [7, 11) is 1.93. The maximum Gasteiger partial charge on any atom is 0.253 e. The van der Waals surface area contributed by atoms with Gasteiger partial charge in [-0.3, -0.25) is 4.79 Å². The molecule has 1 saturated heterocycles. The Morgan fingerprint density at radius 1 is 1.21 bits per heavy atom. The summed E-state index contributed by atoms with van der Waals surface area (Å²) in [6.45, 7) is 6.60. The normalized spacial score (nSPS) is 16.5. The molecule has 128 valence electrons. The standard InChI is InChI=1S/C19H26N4O/c1-15(2)22-13-9-17(10-14-22)21(3)19(24)16-5-7-18(8-6-16)23-12-4-11-20-23/h4-8,11-12,15,17H,9-10,13-14H2,1-3H3. The number of amides is 1. The maximum atomic E-state index is 12.7. The minimum atomic E-state index is 0.102. The first-order chi connectivity index (χ1) is 11.6. The van der Waals surface area contributed by atoms with Crippen molar-refractivity contribution in [1.29, 1.82) is 0 Å². The Hall–Kier alpha value is -2.14. The van der Waals surface area contributed by atoms with Crippen LogP contribution in [0.5, 0.6) is 0 Å². The van der Waals surface area contributed by atoms with E-state index in [1.807, 2.05) is 48.5 Å². The van der Waals surface area contributed by atoms with Crippen molar-refractivity contribution >= 4 is 5.91 Å². The molecule has 3 rings (SSSR count). The highest BCUT2D eigenvalue weighted by Crippen LogP contribution is 2.19. The highest BCUT2D eigenvalue weighted by molar-refractivity contribution is 5.94. The van der Waals surface area contributed by atoms with Crippen LogP contribution in [0.3, 0.4) is 0 Å². The average Bonchev–Trinajstić information content (AvgIpc) is 3.15. The number of hydrogen-bond donors (Lipinski definition) is 0. The molecule has 0 aliphatic carbocycles. The highest BCUT2D eigenvalue weighted by Gasteiger charge is 2.26. The first kappa shape index (κ1) is 16.7. The molecular weight excluding hydrogens is 300 g/mol. The summed E-state index contributed by atoms with van der Waals surface area (Å²) in [6.07, 6.45) is 5.74. The van der Waals surface area contributed by atoms with E-state index in [4.69, 9.17) is 0 Å². The van der Waals surface area contributed by atoms with Crippen LogP contribution in [-0.2, 0) is 0 Å². The molecule has 2 heterocycles. The van der Waals surface area contributed by atoms with E-state index in [1.165, 1.54) is 0 Å². The number of rotatable bonds is 4. The average molecular weight is 326 g/mol. The van der Waals surface area contributed by atoms with Crippen molar-refractivity contribution in [3.05, 3.63) is 48.3 Å². The molecular formula is C19H26N4O. The number of likely N-dealkylation sites (tertiary alicyclic amines) is 1. The number of hydrogen-bond acceptors (Lipinski definition) is 3. The fourth-order valence-electron chi connectivity index (χ4n) is 3.34. The van der Waals surface area contributed by atoms with Crippen LogP contribution in [0.4, 0.5) is 0 Å². The predicted octanol–water partition coefficient (Wildman–Crippen LogP) is 2.82. The second-order valence-corrected chi connectivity index (χ2v) is 6.77. The van der Waals surface area contributed by atoms with Gasteiger partial charge in [0, 0.05) is 50.2 Å². The Kier molecular flexibility index (Phi) is 5.00. The van der Waals surface area contributed by atoms with E-state index in [0.717, 1.165) is 37.2 Å². The summed E-state index contributed by atoms with van der Waals surface area (Å²) in [5.41, 5.74) is 1.70. The summed E-state index contributed by atoms with van der Waals surface area (Å²) in [6, 6.07) is 10.5. The van der Waals surface area contributed by atoms with E-state index in [-0.39, 0.29) is 5.91 Å². The second kappa shape index (κ2) is 7.18. The Morgan fingerprint density at radius 3 is 2.42 bits per heavy atom. The lowest BCUT2D eigenvalue weighted by molar-refractivity contribution is 0.0615. The van der Waals surface area contributed by atoms with Gasteiger partial charge in [0.2, 0.25) is 0 Å². The minimum absolute atomic E-state index is 0.102. The first-order valence-corrected chi connectivity index (χ1v) is 8.67. The fraction of sp³-hybridized carbons (Fsp3) is 0.474. The van der Waals surface area contributed by atoms with Gasteiger partial charge in [0.05, 0.1) is 5.69 Å².